The number of nitrogens with zero attached hydrogens (tertiary/aromatic N) is 1. The van der Waals surface area contributed by atoms with Gasteiger partial charge in [-0.05, 0) is 37.6 Å². The molecule has 0 aliphatic rings. The van der Waals surface area contributed by atoms with Crippen LogP contribution in [0.25, 0.3) is 0 Å². The Kier molecular flexibility index (Phi) is 6.98. The van der Waals surface area contributed by atoms with Crippen LogP contribution in [-0.2, 0) is 0 Å². The van der Waals surface area contributed by atoms with E-state index in [-0.39, 0.29) is 6.04 Å². The van der Waals surface area contributed by atoms with Crippen molar-refractivity contribution in [2.45, 2.75) is 26.3 Å². The Labute approximate surface area is 118 Å². The molecular formula is C13H19ClN2OS. The number of amidine groups is 1. The van der Waals surface area contributed by atoms with E-state index in [1.54, 1.807) is 0 Å². The maximum atomic E-state index is 5.79. The Morgan fingerprint density at radius 3 is 2.72 bits per heavy atom. The second-order valence-electron chi connectivity index (χ2n) is 3.88. The van der Waals surface area contributed by atoms with Crippen molar-refractivity contribution < 1.29 is 4.74 Å². The largest absolute Gasteiger partial charge is 0.493 e. The van der Waals surface area contributed by atoms with Crippen molar-refractivity contribution in [3.05, 3.63) is 29.3 Å². The fourth-order valence-electron chi connectivity index (χ4n) is 1.18. The number of halogens is 1. The molecule has 2 N–H and O–H groups in total. The van der Waals surface area contributed by atoms with Gasteiger partial charge in [-0.25, -0.2) is 0 Å². The summed E-state index contributed by atoms with van der Waals surface area (Å²) >= 11 is 7.30. The minimum atomic E-state index is 0.287. The standard InChI is InChI=1S/C13H19ClN2OS/c1-3-10(2)16-13(15)18-9-8-17-12-6-4-11(14)5-7-12/h4-7,10H,3,8-9H2,1-2H3,(H2,15,16)/t10-/m1/s1. The van der Waals surface area contributed by atoms with Crippen LogP contribution < -0.4 is 10.5 Å². The van der Waals surface area contributed by atoms with Crippen LogP contribution in [-0.4, -0.2) is 23.6 Å². The molecule has 1 rings (SSSR count). The fourth-order valence-corrected chi connectivity index (χ4v) is 1.94. The van der Waals surface area contributed by atoms with Crippen LogP contribution in [0.2, 0.25) is 5.02 Å². The van der Waals surface area contributed by atoms with Crippen LogP contribution in [0.5, 0.6) is 5.75 Å². The van der Waals surface area contributed by atoms with Gasteiger partial charge in [0.1, 0.15) is 5.75 Å². The van der Waals surface area contributed by atoms with E-state index < -0.39 is 0 Å². The lowest BCUT2D eigenvalue weighted by Gasteiger charge is -2.07. The number of ether oxygens (including phenoxy) is 1. The third-order valence-electron chi connectivity index (χ3n) is 2.35. The maximum absolute atomic E-state index is 5.79. The van der Waals surface area contributed by atoms with Gasteiger partial charge in [0.2, 0.25) is 0 Å². The monoisotopic (exact) mass is 286 g/mol. The van der Waals surface area contributed by atoms with E-state index in [4.69, 9.17) is 22.1 Å². The summed E-state index contributed by atoms with van der Waals surface area (Å²) in [5.74, 6) is 1.60. The number of nitrogens with two attached hydrogens (primary N) is 1. The quantitative estimate of drug-likeness (QED) is 0.494. The second-order valence-corrected chi connectivity index (χ2v) is 5.43. The highest BCUT2D eigenvalue weighted by molar-refractivity contribution is 8.13. The van der Waals surface area contributed by atoms with Gasteiger partial charge in [-0.2, -0.15) is 0 Å². The third kappa shape index (κ3) is 6.17. The predicted octanol–water partition coefficient (Wildman–Crippen LogP) is 3.57. The summed E-state index contributed by atoms with van der Waals surface area (Å²) in [5, 5.41) is 1.34. The number of benzene rings is 1. The highest BCUT2D eigenvalue weighted by Crippen LogP contribution is 2.15. The average molecular weight is 287 g/mol. The molecule has 0 saturated heterocycles. The summed E-state index contributed by atoms with van der Waals surface area (Å²) in [7, 11) is 0. The number of rotatable bonds is 6. The predicted molar refractivity (Wildman–Crippen MR) is 80.8 cm³/mol. The Balaban J connectivity index is 2.22. The molecule has 0 unspecified atom stereocenters. The average Bonchev–Trinajstić information content (AvgIpc) is 2.36. The van der Waals surface area contributed by atoms with Gasteiger partial charge in [0.25, 0.3) is 0 Å². The molecule has 3 nitrogen and oxygen atoms in total. The highest BCUT2D eigenvalue weighted by atomic mass is 35.5. The van der Waals surface area contributed by atoms with Gasteiger partial charge in [-0.15, -0.1) is 0 Å². The number of thioether (sulfide) groups is 1. The molecular weight excluding hydrogens is 268 g/mol. The maximum Gasteiger partial charge on any atom is 0.154 e. The van der Waals surface area contributed by atoms with Crippen molar-refractivity contribution in [1.82, 2.24) is 0 Å². The molecule has 0 fully saturated rings. The van der Waals surface area contributed by atoms with Crippen LogP contribution in [0.15, 0.2) is 29.3 Å². The van der Waals surface area contributed by atoms with Crippen molar-refractivity contribution in [2.75, 3.05) is 12.4 Å². The SMILES string of the molecule is CC[C@@H](C)N=C(N)SCCOc1ccc(Cl)cc1. The summed E-state index contributed by atoms with van der Waals surface area (Å²) in [4.78, 5) is 4.34. The molecule has 0 amide bonds. The third-order valence-corrected chi connectivity index (χ3v) is 3.38. The van der Waals surface area contributed by atoms with Crippen molar-refractivity contribution in [3.8, 4) is 5.75 Å². The Morgan fingerprint density at radius 1 is 1.44 bits per heavy atom. The topological polar surface area (TPSA) is 47.6 Å². The minimum absolute atomic E-state index is 0.287. The van der Waals surface area contributed by atoms with E-state index in [0.29, 0.717) is 16.8 Å². The number of hydrogen-bond donors (Lipinski definition) is 1. The highest BCUT2D eigenvalue weighted by Gasteiger charge is 1.99. The summed E-state index contributed by atoms with van der Waals surface area (Å²) in [5.41, 5.74) is 5.79. The zero-order valence-corrected chi connectivity index (χ0v) is 12.3. The fraction of sp³-hybridized carbons (Fsp3) is 0.462. The number of aliphatic imine (C=N–C) groups is 1. The van der Waals surface area contributed by atoms with E-state index in [1.807, 2.05) is 24.3 Å². The van der Waals surface area contributed by atoms with Gasteiger partial charge < -0.3 is 10.5 Å². The molecule has 0 aromatic heterocycles. The van der Waals surface area contributed by atoms with Crippen molar-refractivity contribution in [3.63, 3.8) is 0 Å². The van der Waals surface area contributed by atoms with E-state index in [2.05, 4.69) is 18.8 Å². The molecule has 0 radical (unpaired) electrons. The van der Waals surface area contributed by atoms with Gasteiger partial charge in [-0.3, -0.25) is 4.99 Å². The first-order valence-electron chi connectivity index (χ1n) is 5.96. The molecule has 100 valence electrons. The molecule has 1 aromatic carbocycles. The van der Waals surface area contributed by atoms with Gasteiger partial charge in [0.05, 0.1) is 6.61 Å². The lowest BCUT2D eigenvalue weighted by molar-refractivity contribution is 0.344. The first-order chi connectivity index (χ1) is 8.61. The molecule has 1 atom stereocenters. The van der Waals surface area contributed by atoms with Crippen LogP contribution in [0.4, 0.5) is 0 Å². The molecule has 0 aliphatic heterocycles. The van der Waals surface area contributed by atoms with Gasteiger partial charge in [0, 0.05) is 16.8 Å². The minimum Gasteiger partial charge on any atom is -0.493 e. The van der Waals surface area contributed by atoms with Crippen LogP contribution >= 0.6 is 23.4 Å². The number of hydrogen-bond acceptors (Lipinski definition) is 3. The molecule has 0 saturated carbocycles. The summed E-state index contributed by atoms with van der Waals surface area (Å²) < 4.78 is 5.55. The normalized spacial score (nSPS) is 13.4. The van der Waals surface area contributed by atoms with Gasteiger partial charge >= 0.3 is 0 Å². The summed E-state index contributed by atoms with van der Waals surface area (Å²) in [6, 6.07) is 7.60. The zero-order chi connectivity index (χ0) is 13.4. The van der Waals surface area contributed by atoms with E-state index in [1.165, 1.54) is 11.8 Å². The zero-order valence-electron chi connectivity index (χ0n) is 10.7. The first-order valence-corrected chi connectivity index (χ1v) is 7.32. The molecule has 0 heterocycles. The van der Waals surface area contributed by atoms with Crippen molar-refractivity contribution in [1.29, 1.82) is 0 Å². The molecule has 18 heavy (non-hydrogen) atoms. The Bertz CT molecular complexity index is 381. The molecule has 0 spiro atoms. The smallest absolute Gasteiger partial charge is 0.154 e. The molecule has 1 aromatic rings. The van der Waals surface area contributed by atoms with E-state index in [0.717, 1.165) is 17.9 Å². The van der Waals surface area contributed by atoms with Crippen LogP contribution in [0, 0.1) is 0 Å². The summed E-state index contributed by atoms with van der Waals surface area (Å²) in [6.07, 6.45) is 1.00. The Morgan fingerprint density at radius 2 is 2.11 bits per heavy atom. The first kappa shape index (κ1) is 15.2. The molecule has 5 heteroatoms. The van der Waals surface area contributed by atoms with Crippen molar-refractivity contribution in [2.24, 2.45) is 10.7 Å². The van der Waals surface area contributed by atoms with Gasteiger partial charge in [0.15, 0.2) is 5.17 Å². The second kappa shape index (κ2) is 8.27. The van der Waals surface area contributed by atoms with E-state index in [9.17, 15) is 0 Å². The van der Waals surface area contributed by atoms with Crippen molar-refractivity contribution >= 4 is 28.5 Å². The molecule has 0 aliphatic carbocycles. The lowest BCUT2D eigenvalue weighted by Crippen LogP contribution is -2.13. The Hall–Kier alpha value is -0.870. The van der Waals surface area contributed by atoms with Gasteiger partial charge in [-0.1, -0.05) is 30.3 Å². The lowest BCUT2D eigenvalue weighted by atomic mass is 10.3. The van der Waals surface area contributed by atoms with E-state index >= 15 is 0 Å². The molecule has 0 bridgehead atoms. The summed E-state index contributed by atoms with van der Waals surface area (Å²) in [6.45, 7) is 4.75. The van der Waals surface area contributed by atoms with Crippen LogP contribution in [0.1, 0.15) is 20.3 Å². The van der Waals surface area contributed by atoms with Crippen LogP contribution in [0.3, 0.4) is 0 Å².